The molecule has 0 aromatic heterocycles. The zero-order chi connectivity index (χ0) is 15.2. The highest BCUT2D eigenvalue weighted by atomic mass is 32.2. The number of thiocarbonyl (C=S) groups is 2. The molecule has 2 aromatic carbocycles. The number of thioether (sulfide) groups is 1. The molecule has 0 amide bonds. The first-order valence-corrected chi connectivity index (χ1v) is 8.06. The highest BCUT2D eigenvalue weighted by molar-refractivity contribution is 8.38. The topological polar surface area (TPSA) is 6.48 Å². The molecule has 0 fully saturated rings. The van der Waals surface area contributed by atoms with Crippen LogP contribution in [0.1, 0.15) is 0 Å². The van der Waals surface area contributed by atoms with Gasteiger partial charge in [-0.1, -0.05) is 60.8 Å². The van der Waals surface area contributed by atoms with E-state index in [1.54, 1.807) is 0 Å². The number of hydrogen-bond donors (Lipinski definition) is 0. The van der Waals surface area contributed by atoms with Gasteiger partial charge in [-0.25, -0.2) is 0 Å². The number of hydrogen-bond acceptors (Lipinski definition) is 3. The summed E-state index contributed by atoms with van der Waals surface area (Å²) in [4.78, 5) is 3.93. The van der Waals surface area contributed by atoms with Gasteiger partial charge in [0.1, 0.15) is 4.32 Å². The number of nitrogens with zero attached hydrogens (tertiary/aromatic N) is 2. The molecule has 0 saturated carbocycles. The molecule has 0 aliphatic heterocycles. The van der Waals surface area contributed by atoms with Crippen LogP contribution in [0.25, 0.3) is 0 Å². The van der Waals surface area contributed by atoms with E-state index in [4.69, 9.17) is 24.4 Å². The second-order valence-electron chi connectivity index (χ2n) is 4.53. The van der Waals surface area contributed by atoms with Crippen molar-refractivity contribution in [3.05, 3.63) is 60.7 Å². The lowest BCUT2D eigenvalue weighted by Gasteiger charge is -2.26. The maximum Gasteiger partial charge on any atom is 0.152 e. The second-order valence-corrected chi connectivity index (χ2v) is 6.80. The minimum absolute atomic E-state index is 0.714. The van der Waals surface area contributed by atoms with Crippen LogP contribution in [-0.4, -0.2) is 27.6 Å². The van der Waals surface area contributed by atoms with Gasteiger partial charge in [-0.3, -0.25) is 4.90 Å². The van der Waals surface area contributed by atoms with Crippen LogP contribution in [-0.2, 0) is 0 Å². The van der Waals surface area contributed by atoms with Gasteiger partial charge in [0.05, 0.1) is 0 Å². The largest absolute Gasteiger partial charge is 0.363 e. The average Bonchev–Trinajstić information content (AvgIpc) is 2.49. The molecule has 5 heteroatoms. The van der Waals surface area contributed by atoms with Gasteiger partial charge < -0.3 is 4.90 Å². The Bertz CT molecular complexity index is 572. The van der Waals surface area contributed by atoms with Crippen LogP contribution in [0.5, 0.6) is 0 Å². The first kappa shape index (κ1) is 15.9. The lowest BCUT2D eigenvalue weighted by Crippen LogP contribution is -2.26. The molecule has 0 unspecified atom stereocenters. The van der Waals surface area contributed by atoms with Crippen molar-refractivity contribution in [1.82, 2.24) is 4.90 Å². The van der Waals surface area contributed by atoms with E-state index in [2.05, 4.69) is 0 Å². The van der Waals surface area contributed by atoms with Gasteiger partial charge in [0.25, 0.3) is 0 Å². The molecule has 2 rings (SSSR count). The molecule has 21 heavy (non-hydrogen) atoms. The molecular formula is C16H16N2S3. The van der Waals surface area contributed by atoms with Crippen molar-refractivity contribution in [3.8, 4) is 0 Å². The fraction of sp³-hybridized carbons (Fsp3) is 0.125. The Morgan fingerprint density at radius 2 is 1.19 bits per heavy atom. The Morgan fingerprint density at radius 1 is 0.762 bits per heavy atom. The number of benzene rings is 2. The summed E-state index contributed by atoms with van der Waals surface area (Å²) in [6.45, 7) is 0. The molecule has 2 nitrogen and oxygen atoms in total. The summed E-state index contributed by atoms with van der Waals surface area (Å²) in [6.07, 6.45) is 0. The number of rotatable bonds is 2. The van der Waals surface area contributed by atoms with Crippen molar-refractivity contribution in [2.45, 2.75) is 0 Å². The quantitative estimate of drug-likeness (QED) is 0.734. The molecule has 0 bridgehead atoms. The lowest BCUT2D eigenvalue weighted by atomic mass is 10.2. The summed E-state index contributed by atoms with van der Waals surface area (Å²) in [5, 5.41) is 0. The second kappa shape index (κ2) is 7.54. The van der Waals surface area contributed by atoms with Crippen molar-refractivity contribution < 1.29 is 0 Å². The molecule has 108 valence electrons. The van der Waals surface area contributed by atoms with Crippen LogP contribution in [0.2, 0.25) is 0 Å². The van der Waals surface area contributed by atoms with E-state index in [1.807, 2.05) is 84.6 Å². The van der Waals surface area contributed by atoms with Gasteiger partial charge in [-0.05, 0) is 36.0 Å². The number of anilines is 2. The first-order valence-electron chi connectivity index (χ1n) is 6.43. The summed E-state index contributed by atoms with van der Waals surface area (Å²) in [7, 11) is 3.85. The zero-order valence-electron chi connectivity index (χ0n) is 11.9. The van der Waals surface area contributed by atoms with Crippen LogP contribution in [0.15, 0.2) is 60.7 Å². The van der Waals surface area contributed by atoms with Gasteiger partial charge in [0.15, 0.2) is 4.32 Å². The lowest BCUT2D eigenvalue weighted by molar-refractivity contribution is 0.648. The molecule has 0 N–H and O–H groups in total. The first-order chi connectivity index (χ1) is 10.1. The van der Waals surface area contributed by atoms with Crippen molar-refractivity contribution in [3.63, 3.8) is 0 Å². The Balaban J connectivity index is 2.33. The predicted molar refractivity (Wildman–Crippen MR) is 101 cm³/mol. The standard InChI is InChI=1S/C16H16N2S3/c1-17(2)15(19)21-16(20)18(13-9-5-3-6-10-13)14-11-7-4-8-12-14/h3-12H,1-2H3. The third kappa shape index (κ3) is 4.27. The van der Waals surface area contributed by atoms with Crippen LogP contribution in [0, 0.1) is 0 Å². The van der Waals surface area contributed by atoms with Crippen LogP contribution in [0.4, 0.5) is 11.4 Å². The maximum absolute atomic E-state index is 5.61. The highest BCUT2D eigenvalue weighted by Gasteiger charge is 2.17. The van der Waals surface area contributed by atoms with E-state index in [9.17, 15) is 0 Å². The summed E-state index contributed by atoms with van der Waals surface area (Å²) < 4.78 is 1.46. The Morgan fingerprint density at radius 3 is 1.57 bits per heavy atom. The van der Waals surface area contributed by atoms with Gasteiger partial charge in [-0.15, -0.1) is 0 Å². The Kier molecular flexibility index (Phi) is 5.73. The van der Waals surface area contributed by atoms with Gasteiger partial charge in [0.2, 0.25) is 0 Å². The minimum atomic E-state index is 0.714. The summed E-state index contributed by atoms with van der Waals surface area (Å²) in [6, 6.07) is 20.2. The molecule has 0 heterocycles. The van der Waals surface area contributed by atoms with E-state index in [1.165, 1.54) is 11.8 Å². The van der Waals surface area contributed by atoms with Gasteiger partial charge in [-0.2, -0.15) is 0 Å². The average molecular weight is 333 g/mol. The molecule has 2 aromatic rings. The molecule has 0 saturated heterocycles. The normalized spacial score (nSPS) is 10.0. The Hall–Kier alpha value is -1.43. The zero-order valence-corrected chi connectivity index (χ0v) is 14.3. The van der Waals surface area contributed by atoms with Crippen molar-refractivity contribution >= 4 is 56.2 Å². The fourth-order valence-electron chi connectivity index (χ4n) is 1.73. The van der Waals surface area contributed by atoms with Crippen LogP contribution in [0.3, 0.4) is 0 Å². The molecule has 0 radical (unpaired) electrons. The van der Waals surface area contributed by atoms with Crippen molar-refractivity contribution in [1.29, 1.82) is 0 Å². The minimum Gasteiger partial charge on any atom is -0.363 e. The van der Waals surface area contributed by atoms with Crippen LogP contribution < -0.4 is 4.90 Å². The molecule has 0 aliphatic carbocycles. The van der Waals surface area contributed by atoms with E-state index < -0.39 is 0 Å². The van der Waals surface area contributed by atoms with E-state index in [0.29, 0.717) is 4.32 Å². The fourth-order valence-corrected chi connectivity index (χ4v) is 3.20. The highest BCUT2D eigenvalue weighted by Crippen LogP contribution is 2.29. The smallest absolute Gasteiger partial charge is 0.152 e. The monoisotopic (exact) mass is 332 g/mol. The molecule has 0 spiro atoms. The van der Waals surface area contributed by atoms with E-state index in [0.717, 1.165) is 15.7 Å². The third-order valence-corrected chi connectivity index (χ3v) is 4.70. The van der Waals surface area contributed by atoms with E-state index >= 15 is 0 Å². The molecule has 0 atom stereocenters. The van der Waals surface area contributed by atoms with Gasteiger partial charge >= 0.3 is 0 Å². The van der Waals surface area contributed by atoms with Crippen molar-refractivity contribution in [2.24, 2.45) is 0 Å². The molecular weight excluding hydrogens is 316 g/mol. The maximum atomic E-state index is 5.61. The van der Waals surface area contributed by atoms with E-state index in [-0.39, 0.29) is 0 Å². The predicted octanol–water partition coefficient (Wildman–Crippen LogP) is 4.69. The summed E-state index contributed by atoms with van der Waals surface area (Å²) in [5.41, 5.74) is 2.06. The SMILES string of the molecule is CN(C)C(=S)SC(=S)N(c1ccccc1)c1ccccc1. The van der Waals surface area contributed by atoms with Crippen LogP contribution >= 0.6 is 36.2 Å². The molecule has 0 aliphatic rings. The van der Waals surface area contributed by atoms with Gasteiger partial charge in [0, 0.05) is 25.5 Å². The summed E-state index contributed by atoms with van der Waals surface area (Å²) >= 11 is 12.4. The third-order valence-electron chi connectivity index (χ3n) is 2.75. The Labute approximate surface area is 140 Å². The number of para-hydroxylation sites is 2. The van der Waals surface area contributed by atoms with Crippen molar-refractivity contribution in [2.75, 3.05) is 19.0 Å². The summed E-state index contributed by atoms with van der Waals surface area (Å²) in [5.74, 6) is 0.